The van der Waals surface area contributed by atoms with E-state index in [1.807, 2.05) is 36.4 Å². The molecule has 0 amide bonds. The van der Waals surface area contributed by atoms with Gasteiger partial charge in [0.05, 0.1) is 10.3 Å². The molecule has 0 aromatic heterocycles. The molecule has 1 aliphatic rings. The largest absolute Gasteiger partial charge is 0.222 e. The minimum absolute atomic E-state index is 0.364. The van der Waals surface area contributed by atoms with E-state index in [4.69, 9.17) is 11.6 Å². The summed E-state index contributed by atoms with van der Waals surface area (Å²) in [6.45, 7) is 0. The molecule has 0 N–H and O–H groups in total. The lowest BCUT2D eigenvalue weighted by Gasteiger charge is -2.12. The van der Waals surface area contributed by atoms with Crippen LogP contribution >= 0.6 is 23.4 Å². The standard InChI is InChI=1S/C14H11ClO2S2/c15-13-11-8-4-5-9-12(11)19(16,17)14(13)18-10-6-2-1-3-7-10/h1-9,13-14H. The molecule has 0 spiro atoms. The lowest BCUT2D eigenvalue weighted by atomic mass is 10.2. The molecule has 2 aromatic carbocycles. The maximum atomic E-state index is 12.5. The van der Waals surface area contributed by atoms with Crippen molar-refractivity contribution in [2.75, 3.05) is 0 Å². The van der Waals surface area contributed by atoms with Crippen molar-refractivity contribution in [3.8, 4) is 0 Å². The molecule has 2 atom stereocenters. The molecule has 0 aliphatic carbocycles. The van der Waals surface area contributed by atoms with Gasteiger partial charge in [-0.15, -0.1) is 23.4 Å². The summed E-state index contributed by atoms with van der Waals surface area (Å²) >= 11 is 7.65. The molecule has 0 bridgehead atoms. The van der Waals surface area contributed by atoms with Crippen LogP contribution in [-0.2, 0) is 9.84 Å². The Kier molecular flexibility index (Phi) is 3.33. The van der Waals surface area contributed by atoms with Crippen molar-refractivity contribution in [1.82, 2.24) is 0 Å². The van der Waals surface area contributed by atoms with Gasteiger partial charge >= 0.3 is 0 Å². The SMILES string of the molecule is O=S1(=O)c2ccccc2C(Cl)C1Sc1ccccc1. The molecule has 1 heterocycles. The van der Waals surface area contributed by atoms with E-state index in [1.165, 1.54) is 11.8 Å². The normalized spacial score (nSPS) is 24.1. The number of alkyl halides is 1. The van der Waals surface area contributed by atoms with E-state index in [9.17, 15) is 8.42 Å². The Morgan fingerprint density at radius 2 is 1.58 bits per heavy atom. The highest BCUT2D eigenvalue weighted by Gasteiger charge is 2.44. The lowest BCUT2D eigenvalue weighted by molar-refractivity contribution is 0.597. The molecule has 0 saturated heterocycles. The first-order valence-electron chi connectivity index (χ1n) is 5.79. The van der Waals surface area contributed by atoms with E-state index in [2.05, 4.69) is 0 Å². The van der Waals surface area contributed by atoms with Gasteiger partial charge in [-0.3, -0.25) is 0 Å². The monoisotopic (exact) mass is 310 g/mol. The Labute approximate surface area is 121 Å². The molecule has 2 unspecified atom stereocenters. The fraction of sp³-hybridized carbons (Fsp3) is 0.143. The van der Waals surface area contributed by atoms with Gasteiger partial charge in [0.25, 0.3) is 0 Å². The van der Waals surface area contributed by atoms with Crippen LogP contribution in [0.25, 0.3) is 0 Å². The lowest BCUT2D eigenvalue weighted by Crippen LogP contribution is -2.14. The minimum atomic E-state index is -3.36. The van der Waals surface area contributed by atoms with Gasteiger partial charge in [-0.1, -0.05) is 36.4 Å². The van der Waals surface area contributed by atoms with E-state index in [0.717, 1.165) is 4.90 Å². The molecule has 0 saturated carbocycles. The highest BCUT2D eigenvalue weighted by Crippen LogP contribution is 2.49. The van der Waals surface area contributed by atoms with Crippen LogP contribution in [0.3, 0.4) is 0 Å². The summed E-state index contributed by atoms with van der Waals surface area (Å²) in [6.07, 6.45) is 0. The summed E-state index contributed by atoms with van der Waals surface area (Å²) in [4.78, 5) is 1.28. The highest BCUT2D eigenvalue weighted by atomic mass is 35.5. The summed E-state index contributed by atoms with van der Waals surface area (Å²) in [5, 5.41) is -0.508. The van der Waals surface area contributed by atoms with Gasteiger partial charge in [0.2, 0.25) is 0 Å². The molecule has 19 heavy (non-hydrogen) atoms. The molecule has 5 heteroatoms. The predicted octanol–water partition coefficient (Wildman–Crippen LogP) is 3.87. The maximum Gasteiger partial charge on any atom is 0.193 e. The second-order valence-corrected chi connectivity index (χ2v) is 8.31. The van der Waals surface area contributed by atoms with Gasteiger partial charge in [0.15, 0.2) is 9.84 Å². The Morgan fingerprint density at radius 3 is 2.26 bits per heavy atom. The topological polar surface area (TPSA) is 34.1 Å². The smallest absolute Gasteiger partial charge is 0.193 e. The second kappa shape index (κ2) is 4.85. The molecular weight excluding hydrogens is 300 g/mol. The second-order valence-electron chi connectivity index (χ2n) is 4.28. The van der Waals surface area contributed by atoms with Crippen LogP contribution in [0.2, 0.25) is 0 Å². The van der Waals surface area contributed by atoms with Crippen molar-refractivity contribution in [3.63, 3.8) is 0 Å². The van der Waals surface area contributed by atoms with Gasteiger partial charge in [-0.05, 0) is 23.8 Å². The van der Waals surface area contributed by atoms with E-state index in [-0.39, 0.29) is 0 Å². The van der Waals surface area contributed by atoms with Gasteiger partial charge in [0, 0.05) is 4.90 Å². The Bertz CT molecular complexity index is 698. The number of halogens is 1. The number of sulfone groups is 1. The van der Waals surface area contributed by atoms with Crippen molar-refractivity contribution in [3.05, 3.63) is 60.2 Å². The highest BCUT2D eigenvalue weighted by molar-refractivity contribution is 8.13. The first-order valence-corrected chi connectivity index (χ1v) is 8.65. The molecular formula is C14H11ClO2S2. The van der Waals surface area contributed by atoms with Crippen molar-refractivity contribution < 1.29 is 8.42 Å². The number of thioether (sulfide) groups is 1. The van der Waals surface area contributed by atoms with E-state index in [0.29, 0.717) is 10.5 Å². The van der Waals surface area contributed by atoms with Crippen molar-refractivity contribution in [2.24, 2.45) is 0 Å². The average molecular weight is 311 g/mol. The molecule has 98 valence electrons. The number of benzene rings is 2. The van der Waals surface area contributed by atoms with Crippen LogP contribution in [-0.4, -0.2) is 13.0 Å². The van der Waals surface area contributed by atoms with Crippen molar-refractivity contribution in [1.29, 1.82) is 0 Å². The molecule has 0 fully saturated rings. The minimum Gasteiger partial charge on any atom is -0.222 e. The summed E-state index contributed by atoms with van der Waals surface area (Å²) in [5.41, 5.74) is 0.706. The molecule has 1 aliphatic heterocycles. The predicted molar refractivity (Wildman–Crippen MR) is 78.3 cm³/mol. The number of hydrogen-bond acceptors (Lipinski definition) is 3. The van der Waals surface area contributed by atoms with E-state index in [1.54, 1.807) is 18.2 Å². The van der Waals surface area contributed by atoms with Gasteiger partial charge in [-0.2, -0.15) is 0 Å². The fourth-order valence-electron chi connectivity index (χ4n) is 2.15. The Hall–Kier alpha value is -0.970. The van der Waals surface area contributed by atoms with E-state index < -0.39 is 19.8 Å². The number of rotatable bonds is 2. The third-order valence-corrected chi connectivity index (χ3v) is 7.81. The fourth-order valence-corrected chi connectivity index (χ4v) is 6.47. The van der Waals surface area contributed by atoms with Crippen LogP contribution < -0.4 is 0 Å². The molecule has 3 rings (SSSR count). The average Bonchev–Trinajstić information content (AvgIpc) is 2.62. The van der Waals surface area contributed by atoms with Gasteiger partial charge in [-0.25, -0.2) is 8.42 Å². The molecule has 2 nitrogen and oxygen atoms in total. The number of fused-ring (bicyclic) bond motifs is 1. The quantitative estimate of drug-likeness (QED) is 0.790. The van der Waals surface area contributed by atoms with Gasteiger partial charge < -0.3 is 0 Å². The summed E-state index contributed by atoms with van der Waals surface area (Å²) in [6, 6.07) is 16.4. The molecule has 2 aromatic rings. The zero-order valence-corrected chi connectivity index (χ0v) is 12.3. The van der Waals surface area contributed by atoms with Crippen LogP contribution in [0, 0.1) is 0 Å². The summed E-state index contributed by atoms with van der Waals surface area (Å²) in [5.74, 6) is 0. The Balaban J connectivity index is 2.01. The number of hydrogen-bond donors (Lipinski definition) is 0. The first kappa shape index (κ1) is 13.0. The van der Waals surface area contributed by atoms with E-state index >= 15 is 0 Å². The summed E-state index contributed by atoms with van der Waals surface area (Å²) in [7, 11) is -3.36. The summed E-state index contributed by atoms with van der Waals surface area (Å²) < 4.78 is 24.3. The zero-order chi connectivity index (χ0) is 13.5. The third kappa shape index (κ3) is 2.18. The van der Waals surface area contributed by atoms with Crippen LogP contribution in [0.15, 0.2) is 64.4 Å². The first-order chi connectivity index (χ1) is 9.10. The van der Waals surface area contributed by atoms with Crippen LogP contribution in [0.5, 0.6) is 0 Å². The van der Waals surface area contributed by atoms with Crippen LogP contribution in [0.1, 0.15) is 10.9 Å². The van der Waals surface area contributed by atoms with Crippen LogP contribution in [0.4, 0.5) is 0 Å². The van der Waals surface area contributed by atoms with Gasteiger partial charge in [0.1, 0.15) is 4.58 Å². The van der Waals surface area contributed by atoms with Crippen molar-refractivity contribution >= 4 is 33.2 Å². The third-order valence-electron chi connectivity index (χ3n) is 3.06. The Morgan fingerprint density at radius 1 is 0.947 bits per heavy atom. The molecule has 0 radical (unpaired) electrons. The van der Waals surface area contributed by atoms with Crippen molar-refractivity contribution in [2.45, 2.75) is 19.8 Å². The zero-order valence-electron chi connectivity index (χ0n) is 9.86. The maximum absolute atomic E-state index is 12.5.